The van der Waals surface area contributed by atoms with Gasteiger partial charge in [-0.25, -0.2) is 0 Å². The van der Waals surface area contributed by atoms with Gasteiger partial charge in [0.2, 0.25) is 11.8 Å². The van der Waals surface area contributed by atoms with E-state index in [0.717, 1.165) is 12.8 Å². The molecule has 9 nitrogen and oxygen atoms in total. The van der Waals surface area contributed by atoms with Crippen molar-refractivity contribution in [1.82, 2.24) is 5.32 Å². The molecule has 3 N–H and O–H groups in total. The molecule has 0 aromatic heterocycles. The second-order valence-corrected chi connectivity index (χ2v) is 6.13. The SMILES string of the molecule is CCOC(=O)C[C@@H](c1ccc([N+](=O)[O-])cc1)[C@@H](NC(=O)C1CC1)C(N)=O. The summed E-state index contributed by atoms with van der Waals surface area (Å²) in [5.74, 6) is -2.55. The van der Waals surface area contributed by atoms with Crippen molar-refractivity contribution in [1.29, 1.82) is 0 Å². The van der Waals surface area contributed by atoms with Crippen molar-refractivity contribution in [2.24, 2.45) is 11.7 Å². The highest BCUT2D eigenvalue weighted by Gasteiger charge is 2.36. The highest BCUT2D eigenvalue weighted by Crippen LogP contribution is 2.31. The fourth-order valence-corrected chi connectivity index (χ4v) is 2.66. The zero-order valence-electron chi connectivity index (χ0n) is 14.3. The molecule has 2 rings (SSSR count). The van der Waals surface area contributed by atoms with Gasteiger partial charge in [0.15, 0.2) is 0 Å². The average molecular weight is 363 g/mol. The predicted octanol–water partition coefficient (Wildman–Crippen LogP) is 1.01. The molecule has 1 aliphatic rings. The van der Waals surface area contributed by atoms with Crippen LogP contribution in [0.25, 0.3) is 0 Å². The lowest BCUT2D eigenvalue weighted by Gasteiger charge is -2.25. The quantitative estimate of drug-likeness (QED) is 0.381. The molecular weight excluding hydrogens is 342 g/mol. The van der Waals surface area contributed by atoms with E-state index in [1.165, 1.54) is 24.3 Å². The molecule has 9 heteroatoms. The van der Waals surface area contributed by atoms with Gasteiger partial charge in [0.25, 0.3) is 5.69 Å². The summed E-state index contributed by atoms with van der Waals surface area (Å²) in [4.78, 5) is 46.3. The van der Waals surface area contributed by atoms with Crippen LogP contribution in [0.4, 0.5) is 5.69 Å². The molecule has 1 aromatic rings. The molecule has 0 aliphatic heterocycles. The van der Waals surface area contributed by atoms with E-state index in [0.29, 0.717) is 5.56 Å². The summed E-state index contributed by atoms with van der Waals surface area (Å²) in [6.45, 7) is 1.82. The lowest BCUT2D eigenvalue weighted by Crippen LogP contribution is -2.49. The summed E-state index contributed by atoms with van der Waals surface area (Å²) in [7, 11) is 0. The number of rotatable bonds is 9. The molecule has 2 atom stereocenters. The first kappa shape index (κ1) is 19.4. The Balaban J connectivity index is 2.29. The summed E-state index contributed by atoms with van der Waals surface area (Å²) in [5, 5.41) is 13.4. The normalized spacial score (nSPS) is 15.6. The predicted molar refractivity (Wildman–Crippen MR) is 90.9 cm³/mol. The smallest absolute Gasteiger partial charge is 0.306 e. The summed E-state index contributed by atoms with van der Waals surface area (Å²) < 4.78 is 4.94. The molecule has 0 spiro atoms. The Morgan fingerprint density at radius 2 is 1.92 bits per heavy atom. The number of nitrogens with two attached hydrogens (primary N) is 1. The van der Waals surface area contributed by atoms with Gasteiger partial charge in [-0.1, -0.05) is 12.1 Å². The van der Waals surface area contributed by atoms with Crippen molar-refractivity contribution in [2.75, 3.05) is 6.61 Å². The second-order valence-electron chi connectivity index (χ2n) is 6.13. The van der Waals surface area contributed by atoms with Crippen LogP contribution in [-0.2, 0) is 19.1 Å². The van der Waals surface area contributed by atoms with E-state index in [2.05, 4.69) is 5.32 Å². The summed E-state index contributed by atoms with van der Waals surface area (Å²) in [6, 6.07) is 4.32. The lowest BCUT2D eigenvalue weighted by atomic mass is 9.87. The van der Waals surface area contributed by atoms with E-state index in [1.54, 1.807) is 6.92 Å². The number of amides is 2. The maximum atomic E-state index is 12.1. The number of nitro groups is 1. The standard InChI is InChI=1S/C17H21N3O6/c1-2-26-14(21)9-13(10-5-7-12(8-6-10)20(24)25)15(16(18)22)19-17(23)11-3-4-11/h5-8,11,13,15H,2-4,9H2,1H3,(H2,18,22)(H,19,23)/t13-,15+/m0/s1. The maximum absolute atomic E-state index is 12.1. The minimum atomic E-state index is -1.12. The van der Waals surface area contributed by atoms with Crippen LogP contribution in [0.3, 0.4) is 0 Å². The van der Waals surface area contributed by atoms with Crippen LogP contribution in [0.2, 0.25) is 0 Å². The first-order valence-electron chi connectivity index (χ1n) is 8.33. The van der Waals surface area contributed by atoms with E-state index in [-0.39, 0.29) is 30.5 Å². The second kappa shape index (κ2) is 8.41. The average Bonchev–Trinajstić information content (AvgIpc) is 3.43. The number of carbonyl (C=O) groups excluding carboxylic acids is 3. The molecule has 0 heterocycles. The van der Waals surface area contributed by atoms with Crippen LogP contribution >= 0.6 is 0 Å². The fourth-order valence-electron chi connectivity index (χ4n) is 2.66. The van der Waals surface area contributed by atoms with E-state index in [1.807, 2.05) is 0 Å². The van der Waals surface area contributed by atoms with Crippen LogP contribution < -0.4 is 11.1 Å². The topological polar surface area (TPSA) is 142 Å². The Labute approximate surface area is 150 Å². The van der Waals surface area contributed by atoms with Crippen molar-refractivity contribution >= 4 is 23.5 Å². The number of hydrogen-bond acceptors (Lipinski definition) is 6. The molecule has 1 aliphatic carbocycles. The third-order valence-corrected chi connectivity index (χ3v) is 4.18. The third-order valence-electron chi connectivity index (χ3n) is 4.18. The van der Waals surface area contributed by atoms with Crippen molar-refractivity contribution < 1.29 is 24.0 Å². The number of nitro benzene ring substituents is 1. The Morgan fingerprint density at radius 1 is 1.31 bits per heavy atom. The monoisotopic (exact) mass is 363 g/mol. The first-order chi connectivity index (χ1) is 12.3. The molecular formula is C17H21N3O6. The van der Waals surface area contributed by atoms with Gasteiger partial charge in [-0.05, 0) is 25.3 Å². The number of hydrogen-bond donors (Lipinski definition) is 2. The zero-order chi connectivity index (χ0) is 19.3. The zero-order valence-corrected chi connectivity index (χ0v) is 14.3. The van der Waals surface area contributed by atoms with Crippen LogP contribution in [0.15, 0.2) is 24.3 Å². The van der Waals surface area contributed by atoms with Crippen LogP contribution in [0, 0.1) is 16.0 Å². The van der Waals surface area contributed by atoms with Gasteiger partial charge in [0, 0.05) is 24.0 Å². The van der Waals surface area contributed by atoms with Gasteiger partial charge in [-0.15, -0.1) is 0 Å². The summed E-state index contributed by atoms with van der Waals surface area (Å²) in [5.41, 5.74) is 5.81. The maximum Gasteiger partial charge on any atom is 0.306 e. The minimum absolute atomic E-state index is 0.124. The number of esters is 1. The molecule has 1 saturated carbocycles. The van der Waals surface area contributed by atoms with E-state index in [4.69, 9.17) is 10.5 Å². The number of primary amides is 1. The number of benzene rings is 1. The van der Waals surface area contributed by atoms with Crippen molar-refractivity contribution in [3.05, 3.63) is 39.9 Å². The highest BCUT2D eigenvalue weighted by atomic mass is 16.6. The fraction of sp³-hybridized carbons (Fsp3) is 0.471. The highest BCUT2D eigenvalue weighted by molar-refractivity contribution is 5.90. The Bertz CT molecular complexity index is 699. The molecule has 0 radical (unpaired) electrons. The van der Waals surface area contributed by atoms with Gasteiger partial charge < -0.3 is 15.8 Å². The lowest BCUT2D eigenvalue weighted by molar-refractivity contribution is -0.384. The molecule has 1 aromatic carbocycles. The molecule has 0 unspecified atom stereocenters. The summed E-state index contributed by atoms with van der Waals surface area (Å²) in [6.07, 6.45) is 1.30. The molecule has 0 bridgehead atoms. The molecule has 2 amide bonds. The van der Waals surface area contributed by atoms with E-state index in [9.17, 15) is 24.5 Å². The first-order valence-corrected chi connectivity index (χ1v) is 8.33. The van der Waals surface area contributed by atoms with E-state index >= 15 is 0 Å². The number of ether oxygens (including phenoxy) is 1. The Hall–Kier alpha value is -2.97. The van der Waals surface area contributed by atoms with Gasteiger partial charge in [0.05, 0.1) is 18.0 Å². The van der Waals surface area contributed by atoms with Crippen LogP contribution in [-0.4, -0.2) is 35.4 Å². The number of nitrogens with one attached hydrogen (secondary N) is 1. The van der Waals surface area contributed by atoms with Crippen LogP contribution in [0.1, 0.15) is 37.7 Å². The molecule has 140 valence electrons. The van der Waals surface area contributed by atoms with Gasteiger partial charge in [0.1, 0.15) is 6.04 Å². The van der Waals surface area contributed by atoms with Crippen LogP contribution in [0.5, 0.6) is 0 Å². The largest absolute Gasteiger partial charge is 0.466 e. The molecule has 26 heavy (non-hydrogen) atoms. The van der Waals surface area contributed by atoms with Gasteiger partial charge in [-0.2, -0.15) is 0 Å². The van der Waals surface area contributed by atoms with Gasteiger partial charge in [-0.3, -0.25) is 24.5 Å². The Morgan fingerprint density at radius 3 is 2.38 bits per heavy atom. The Kier molecular flexibility index (Phi) is 6.26. The third kappa shape index (κ3) is 5.01. The minimum Gasteiger partial charge on any atom is -0.466 e. The number of non-ortho nitro benzene ring substituents is 1. The molecule has 1 fully saturated rings. The molecule has 0 saturated heterocycles. The van der Waals surface area contributed by atoms with E-state index < -0.39 is 28.8 Å². The summed E-state index contributed by atoms with van der Waals surface area (Å²) >= 11 is 0. The van der Waals surface area contributed by atoms with Crippen molar-refractivity contribution in [3.8, 4) is 0 Å². The van der Waals surface area contributed by atoms with Crippen molar-refractivity contribution in [2.45, 2.75) is 38.1 Å². The van der Waals surface area contributed by atoms with Crippen molar-refractivity contribution in [3.63, 3.8) is 0 Å². The number of nitrogens with zero attached hydrogens (tertiary/aromatic N) is 1. The number of carbonyl (C=O) groups is 3. The van der Waals surface area contributed by atoms with Gasteiger partial charge >= 0.3 is 5.97 Å².